The van der Waals surface area contributed by atoms with Crippen LogP contribution in [0.1, 0.15) is 11.1 Å². The molecule has 5 nitrogen and oxygen atoms in total. The first-order valence-electron chi connectivity index (χ1n) is 7.51. The predicted molar refractivity (Wildman–Crippen MR) is 96.4 cm³/mol. The Balaban J connectivity index is 1.72. The molecule has 0 spiro atoms. The molecule has 1 N–H and O–H groups in total. The van der Waals surface area contributed by atoms with Gasteiger partial charge in [0.1, 0.15) is 6.54 Å². The van der Waals surface area contributed by atoms with Crippen molar-refractivity contribution in [2.75, 3.05) is 5.32 Å². The number of benzene rings is 1. The zero-order valence-electron chi connectivity index (χ0n) is 13.4. The number of rotatable bonds is 4. The molecule has 6 heteroatoms. The maximum absolute atomic E-state index is 12.1. The van der Waals surface area contributed by atoms with Gasteiger partial charge in [-0.05, 0) is 37.1 Å². The summed E-state index contributed by atoms with van der Waals surface area (Å²) in [6.45, 7) is 4.10. The minimum Gasteiger partial charge on any atom is -0.306 e. The number of amides is 1. The molecule has 0 fully saturated rings. The Hall–Kier alpha value is -2.73. The summed E-state index contributed by atoms with van der Waals surface area (Å²) in [7, 11) is 0. The van der Waals surface area contributed by atoms with Crippen molar-refractivity contribution in [3.63, 3.8) is 0 Å². The van der Waals surface area contributed by atoms with Gasteiger partial charge >= 0.3 is 0 Å². The van der Waals surface area contributed by atoms with Gasteiger partial charge in [-0.15, -0.1) is 11.3 Å². The average Bonchev–Trinajstić information content (AvgIpc) is 3.00. The first-order chi connectivity index (χ1) is 11.5. The summed E-state index contributed by atoms with van der Waals surface area (Å²) in [5.41, 5.74) is 4.08. The highest BCUT2D eigenvalue weighted by molar-refractivity contribution is 7.14. The molecule has 0 saturated carbocycles. The summed E-state index contributed by atoms with van der Waals surface area (Å²) >= 11 is 1.37. The van der Waals surface area contributed by atoms with Crippen LogP contribution in [0.4, 0.5) is 5.13 Å². The third-order valence-electron chi connectivity index (χ3n) is 3.77. The van der Waals surface area contributed by atoms with E-state index in [1.807, 2.05) is 11.4 Å². The van der Waals surface area contributed by atoms with Gasteiger partial charge in [-0.1, -0.05) is 18.2 Å². The number of carbonyl (C=O) groups is 1. The summed E-state index contributed by atoms with van der Waals surface area (Å²) in [5.74, 6) is -0.274. The number of hydrogen-bond donors (Lipinski definition) is 1. The van der Waals surface area contributed by atoms with E-state index < -0.39 is 0 Å². The van der Waals surface area contributed by atoms with Crippen molar-refractivity contribution in [2.45, 2.75) is 20.4 Å². The molecule has 3 aromatic rings. The standard InChI is InChI=1S/C18H17N3O2S/c1-12-6-7-14(9-13(12)2)15-11-24-18(19-15)20-16(22)10-21-8-4-3-5-17(21)23/h3-9,11H,10H2,1-2H3,(H,19,20,22). The second-order valence-corrected chi connectivity index (χ2v) is 6.41. The molecule has 122 valence electrons. The molecule has 0 radical (unpaired) electrons. The minimum atomic E-state index is -0.274. The summed E-state index contributed by atoms with van der Waals surface area (Å²) in [4.78, 5) is 28.2. The zero-order valence-corrected chi connectivity index (χ0v) is 14.3. The van der Waals surface area contributed by atoms with Crippen molar-refractivity contribution in [3.05, 3.63) is 69.5 Å². The highest BCUT2D eigenvalue weighted by atomic mass is 32.1. The summed E-state index contributed by atoms with van der Waals surface area (Å²) in [6, 6.07) is 11.0. The van der Waals surface area contributed by atoms with Crippen LogP contribution in [0.2, 0.25) is 0 Å². The number of thiazole rings is 1. The van der Waals surface area contributed by atoms with Crippen molar-refractivity contribution in [1.82, 2.24) is 9.55 Å². The fourth-order valence-corrected chi connectivity index (χ4v) is 3.01. The molecule has 1 amide bonds. The molecule has 0 aliphatic heterocycles. The number of pyridine rings is 1. The fraction of sp³-hybridized carbons (Fsp3) is 0.167. The van der Waals surface area contributed by atoms with E-state index in [9.17, 15) is 9.59 Å². The Bertz CT molecular complexity index is 943. The van der Waals surface area contributed by atoms with Gasteiger partial charge in [0.05, 0.1) is 5.69 Å². The number of aryl methyl sites for hydroxylation is 2. The maximum atomic E-state index is 12.1. The van der Waals surface area contributed by atoms with Crippen LogP contribution in [-0.2, 0) is 11.3 Å². The third kappa shape index (κ3) is 3.60. The molecule has 0 aliphatic rings. The number of aromatic nitrogens is 2. The van der Waals surface area contributed by atoms with E-state index in [0.29, 0.717) is 5.13 Å². The van der Waals surface area contributed by atoms with Crippen LogP contribution in [0.5, 0.6) is 0 Å². The fourth-order valence-electron chi connectivity index (χ4n) is 2.27. The number of hydrogen-bond acceptors (Lipinski definition) is 4. The molecule has 0 aliphatic carbocycles. The lowest BCUT2D eigenvalue weighted by atomic mass is 10.1. The van der Waals surface area contributed by atoms with Crippen molar-refractivity contribution in [2.24, 2.45) is 0 Å². The van der Waals surface area contributed by atoms with Gasteiger partial charge in [0.2, 0.25) is 5.91 Å². The van der Waals surface area contributed by atoms with Crippen LogP contribution in [0, 0.1) is 13.8 Å². The molecule has 0 saturated heterocycles. The molecule has 1 aromatic carbocycles. The van der Waals surface area contributed by atoms with Crippen LogP contribution in [0.25, 0.3) is 11.3 Å². The zero-order chi connectivity index (χ0) is 17.1. The molecule has 0 bridgehead atoms. The van der Waals surface area contributed by atoms with E-state index in [-0.39, 0.29) is 18.0 Å². The van der Waals surface area contributed by atoms with E-state index in [4.69, 9.17) is 0 Å². The van der Waals surface area contributed by atoms with Crippen LogP contribution < -0.4 is 10.9 Å². The van der Waals surface area contributed by atoms with Crippen LogP contribution in [0.15, 0.2) is 52.8 Å². The van der Waals surface area contributed by atoms with E-state index >= 15 is 0 Å². The third-order valence-corrected chi connectivity index (χ3v) is 4.52. The molecule has 2 heterocycles. The smallest absolute Gasteiger partial charge is 0.250 e. The maximum Gasteiger partial charge on any atom is 0.250 e. The van der Waals surface area contributed by atoms with Gasteiger partial charge in [-0.3, -0.25) is 9.59 Å². The first kappa shape index (κ1) is 16.1. The molecular formula is C18H17N3O2S. The largest absolute Gasteiger partial charge is 0.306 e. The van der Waals surface area contributed by atoms with Gasteiger partial charge < -0.3 is 9.88 Å². The van der Waals surface area contributed by atoms with Crippen LogP contribution in [0.3, 0.4) is 0 Å². The molecule has 3 rings (SSSR count). The average molecular weight is 339 g/mol. The number of carbonyl (C=O) groups excluding carboxylic acids is 1. The van der Waals surface area contributed by atoms with Crippen molar-refractivity contribution in [3.8, 4) is 11.3 Å². The quantitative estimate of drug-likeness (QED) is 0.794. The summed E-state index contributed by atoms with van der Waals surface area (Å²) in [5, 5.41) is 5.18. The Labute approximate surface area is 143 Å². The lowest BCUT2D eigenvalue weighted by molar-refractivity contribution is -0.116. The number of anilines is 1. The summed E-state index contributed by atoms with van der Waals surface area (Å²) < 4.78 is 1.35. The van der Waals surface area contributed by atoms with E-state index in [2.05, 4.69) is 36.3 Å². The minimum absolute atomic E-state index is 0.0295. The predicted octanol–water partition coefficient (Wildman–Crippen LogP) is 3.23. The van der Waals surface area contributed by atoms with Crippen LogP contribution in [-0.4, -0.2) is 15.5 Å². The topological polar surface area (TPSA) is 64.0 Å². The van der Waals surface area contributed by atoms with E-state index in [1.54, 1.807) is 18.3 Å². The number of nitrogens with zero attached hydrogens (tertiary/aromatic N) is 2. The lowest BCUT2D eigenvalue weighted by Crippen LogP contribution is -2.26. The van der Waals surface area contributed by atoms with Crippen molar-refractivity contribution < 1.29 is 4.79 Å². The second-order valence-electron chi connectivity index (χ2n) is 5.55. The van der Waals surface area contributed by atoms with E-state index in [0.717, 1.165) is 11.3 Å². The van der Waals surface area contributed by atoms with E-state index in [1.165, 1.54) is 33.1 Å². The lowest BCUT2D eigenvalue weighted by Gasteiger charge is -2.04. The van der Waals surface area contributed by atoms with Crippen LogP contribution >= 0.6 is 11.3 Å². The van der Waals surface area contributed by atoms with Crippen molar-refractivity contribution >= 4 is 22.4 Å². The highest BCUT2D eigenvalue weighted by Gasteiger charge is 2.09. The SMILES string of the molecule is Cc1ccc(-c2csc(NC(=O)Cn3ccccc3=O)n2)cc1C. The first-order valence-corrected chi connectivity index (χ1v) is 8.39. The van der Waals surface area contributed by atoms with Gasteiger partial charge in [-0.2, -0.15) is 0 Å². The molecule has 0 atom stereocenters. The van der Waals surface area contributed by atoms with Crippen molar-refractivity contribution in [1.29, 1.82) is 0 Å². The molecular weight excluding hydrogens is 322 g/mol. The molecule has 2 aromatic heterocycles. The molecule has 0 unspecified atom stereocenters. The normalized spacial score (nSPS) is 10.6. The van der Waals surface area contributed by atoms with Gasteiger partial charge in [0, 0.05) is 23.2 Å². The Morgan fingerprint density at radius 2 is 2.04 bits per heavy atom. The van der Waals surface area contributed by atoms with Gasteiger partial charge in [0.15, 0.2) is 5.13 Å². The number of nitrogens with one attached hydrogen (secondary N) is 1. The molecule has 24 heavy (non-hydrogen) atoms. The summed E-state index contributed by atoms with van der Waals surface area (Å²) in [6.07, 6.45) is 1.59. The highest BCUT2D eigenvalue weighted by Crippen LogP contribution is 2.26. The Kier molecular flexibility index (Phi) is 4.57. The Morgan fingerprint density at radius 1 is 1.21 bits per heavy atom. The monoisotopic (exact) mass is 339 g/mol. The second kappa shape index (κ2) is 6.80. The van der Waals surface area contributed by atoms with Gasteiger partial charge in [-0.25, -0.2) is 4.98 Å². The van der Waals surface area contributed by atoms with Gasteiger partial charge in [0.25, 0.3) is 5.56 Å². The Morgan fingerprint density at radius 3 is 2.79 bits per heavy atom.